The first kappa shape index (κ1) is 40.1. The van der Waals surface area contributed by atoms with Crippen molar-refractivity contribution >= 4 is 46.4 Å². The van der Waals surface area contributed by atoms with Crippen LogP contribution in [0.1, 0.15) is 34.2 Å². The molecule has 2 aromatic carbocycles. The van der Waals surface area contributed by atoms with Crippen LogP contribution in [0.4, 0.5) is 0 Å². The number of aliphatic hydroxyl groups is 2. The summed E-state index contributed by atoms with van der Waals surface area (Å²) in [5, 5.41) is 40.5. The van der Waals surface area contributed by atoms with Crippen molar-refractivity contribution < 1.29 is 29.3 Å². The van der Waals surface area contributed by atoms with Crippen molar-refractivity contribution in [2.24, 2.45) is 0 Å². The van der Waals surface area contributed by atoms with Crippen molar-refractivity contribution in [3.63, 3.8) is 0 Å². The molecule has 0 atom stereocenters. The lowest BCUT2D eigenvalue weighted by molar-refractivity contribution is 0.112. The number of nitrogens with zero attached hydrogens (tertiary/aromatic N) is 4. The maximum Gasteiger partial charge on any atom is 0.227 e. The molecular weight excluding hydrogens is 758 g/mol. The van der Waals surface area contributed by atoms with Crippen LogP contribution in [0.5, 0.6) is 11.5 Å². The second-order valence-electron chi connectivity index (χ2n) is 12.6. The predicted molar refractivity (Wildman–Crippen MR) is 199 cm³/mol. The summed E-state index contributed by atoms with van der Waals surface area (Å²) in [6.45, 7) is 7.65. The fraction of sp³-hybridized carbons (Fsp3) is 0.389. The van der Waals surface area contributed by atoms with E-state index in [9.17, 15) is 19.8 Å². The minimum atomic E-state index is -0.540. The minimum Gasteiger partial charge on any atom is -0.502 e. The van der Waals surface area contributed by atoms with E-state index in [1.165, 1.54) is 0 Å². The van der Waals surface area contributed by atoms with E-state index in [-0.39, 0.29) is 42.0 Å². The van der Waals surface area contributed by atoms with Crippen molar-refractivity contribution in [1.29, 1.82) is 0 Å². The molecule has 52 heavy (non-hydrogen) atoms. The molecule has 2 fully saturated rings. The molecule has 2 aliphatic rings. The second kappa shape index (κ2) is 18.8. The molecule has 4 N–H and O–H groups in total. The SMILES string of the molecule is O=c1cc(CO)oc(CN2CCN(Cc3c(Cl)cccc3Cl)CC2)c1O.O=c1cc(CO)oc(CN2CCN(Cc3ccc(Cl)c(Cl)c3)CC2)c1O. The van der Waals surface area contributed by atoms with Gasteiger partial charge in [0.25, 0.3) is 0 Å². The number of piperazine rings is 2. The molecule has 2 saturated heterocycles. The van der Waals surface area contributed by atoms with Gasteiger partial charge < -0.3 is 29.3 Å². The normalized spacial score (nSPS) is 16.1. The van der Waals surface area contributed by atoms with Crippen molar-refractivity contribution in [3.8, 4) is 11.5 Å². The Bertz CT molecular complexity index is 1920. The number of hydrogen-bond acceptors (Lipinski definition) is 12. The lowest BCUT2D eigenvalue weighted by Gasteiger charge is -2.34. The lowest BCUT2D eigenvalue weighted by Crippen LogP contribution is -2.45. The third-order valence-corrected chi connectivity index (χ3v) is 10.3. The van der Waals surface area contributed by atoms with E-state index in [4.69, 9.17) is 65.5 Å². The molecule has 4 heterocycles. The number of rotatable bonds is 10. The molecule has 0 spiro atoms. The predicted octanol–water partition coefficient (Wildman–Crippen LogP) is 4.92. The molecule has 12 nitrogen and oxygen atoms in total. The highest BCUT2D eigenvalue weighted by atomic mass is 35.5. The van der Waals surface area contributed by atoms with Gasteiger partial charge in [-0.1, -0.05) is 58.5 Å². The van der Waals surface area contributed by atoms with Gasteiger partial charge >= 0.3 is 0 Å². The highest BCUT2D eigenvalue weighted by Gasteiger charge is 2.23. The van der Waals surface area contributed by atoms with Crippen LogP contribution in [-0.2, 0) is 39.4 Å². The standard InChI is InChI=1S/2C18H20Cl2N2O4/c19-14-2-1-12(7-15(14)20)9-21-3-5-22(6-4-21)10-17-18(25)16(24)8-13(11-23)26-17;19-14-2-1-3-15(20)13(14)9-21-4-6-22(7-5-21)10-17-18(25)16(24)8-12(11-23)26-17/h1-2,7-8,23,25H,3-6,9-11H2;1-3,8,23,25H,4-7,9-11H2. The first-order valence-corrected chi connectivity index (χ1v) is 18.1. The molecule has 0 unspecified atom stereocenters. The number of hydrogen-bond donors (Lipinski definition) is 4. The van der Waals surface area contributed by atoms with Crippen molar-refractivity contribution in [3.05, 3.63) is 123 Å². The van der Waals surface area contributed by atoms with Gasteiger partial charge in [0, 0.05) is 93.2 Å². The Balaban J connectivity index is 0.000000201. The van der Waals surface area contributed by atoms with Gasteiger partial charge in [-0.3, -0.25) is 29.2 Å². The second-order valence-corrected chi connectivity index (χ2v) is 14.2. The van der Waals surface area contributed by atoms with Gasteiger partial charge in [0.15, 0.2) is 11.5 Å². The Labute approximate surface area is 320 Å². The number of benzene rings is 2. The Morgan fingerprint density at radius 2 is 0.962 bits per heavy atom. The van der Waals surface area contributed by atoms with E-state index in [2.05, 4.69) is 19.6 Å². The first-order chi connectivity index (χ1) is 24.9. The molecule has 2 aliphatic heterocycles. The lowest BCUT2D eigenvalue weighted by atomic mass is 10.2. The fourth-order valence-electron chi connectivity index (χ4n) is 5.97. The van der Waals surface area contributed by atoms with Gasteiger partial charge in [0.2, 0.25) is 22.4 Å². The summed E-state index contributed by atoms with van der Waals surface area (Å²) in [5.41, 5.74) is 0.951. The minimum absolute atomic E-state index is 0.148. The van der Waals surface area contributed by atoms with Crippen LogP contribution < -0.4 is 10.9 Å². The molecule has 2 aromatic heterocycles. The zero-order chi connectivity index (χ0) is 37.4. The van der Waals surface area contributed by atoms with Crippen molar-refractivity contribution in [2.45, 2.75) is 39.4 Å². The zero-order valence-corrected chi connectivity index (χ0v) is 31.3. The topological polar surface area (TPSA) is 154 Å². The molecule has 0 amide bonds. The van der Waals surface area contributed by atoms with E-state index < -0.39 is 16.6 Å². The molecule has 4 aromatic rings. The highest BCUT2D eigenvalue weighted by Crippen LogP contribution is 2.27. The van der Waals surface area contributed by atoms with Crippen LogP contribution in [0.15, 0.2) is 67.0 Å². The number of aromatic hydroxyl groups is 2. The molecule has 0 saturated carbocycles. The van der Waals surface area contributed by atoms with Crippen LogP contribution in [0.2, 0.25) is 20.1 Å². The van der Waals surface area contributed by atoms with Gasteiger partial charge in [-0.05, 0) is 29.8 Å². The smallest absolute Gasteiger partial charge is 0.227 e. The Hall–Kier alpha value is -3.14. The molecular formula is C36H40Cl4N4O8. The Morgan fingerprint density at radius 3 is 1.38 bits per heavy atom. The highest BCUT2D eigenvalue weighted by molar-refractivity contribution is 6.42. The average Bonchev–Trinajstić information content (AvgIpc) is 3.13. The van der Waals surface area contributed by atoms with Crippen LogP contribution >= 0.6 is 46.4 Å². The van der Waals surface area contributed by atoms with E-state index >= 15 is 0 Å². The number of halogens is 4. The summed E-state index contributed by atoms with van der Waals surface area (Å²) in [7, 11) is 0. The zero-order valence-electron chi connectivity index (χ0n) is 28.2. The van der Waals surface area contributed by atoms with Crippen molar-refractivity contribution in [1.82, 2.24) is 19.6 Å². The summed E-state index contributed by atoms with van der Waals surface area (Å²) in [5.74, 6) is -0.104. The fourth-order valence-corrected chi connectivity index (χ4v) is 6.80. The molecule has 280 valence electrons. The van der Waals surface area contributed by atoms with E-state index in [1.54, 1.807) is 6.07 Å². The van der Waals surface area contributed by atoms with Crippen LogP contribution in [0, 0.1) is 0 Å². The van der Waals surface area contributed by atoms with E-state index in [1.807, 2.05) is 30.3 Å². The summed E-state index contributed by atoms with van der Waals surface area (Å²) >= 11 is 24.5. The van der Waals surface area contributed by atoms with Gasteiger partial charge in [0.1, 0.15) is 24.7 Å². The molecule has 0 bridgehead atoms. The third kappa shape index (κ3) is 10.7. The quantitative estimate of drug-likeness (QED) is 0.172. The summed E-state index contributed by atoms with van der Waals surface area (Å²) in [6, 6.07) is 13.3. The maximum atomic E-state index is 11.7. The Kier molecular flexibility index (Phi) is 14.4. The van der Waals surface area contributed by atoms with Gasteiger partial charge in [0.05, 0.1) is 23.1 Å². The number of aliphatic hydroxyl groups excluding tert-OH is 2. The Morgan fingerprint density at radius 1 is 0.538 bits per heavy atom. The first-order valence-electron chi connectivity index (χ1n) is 16.6. The summed E-state index contributed by atoms with van der Waals surface area (Å²) < 4.78 is 10.8. The molecule has 6 rings (SSSR count). The third-order valence-electron chi connectivity index (χ3n) is 8.90. The molecule has 0 radical (unpaired) electrons. The van der Waals surface area contributed by atoms with Crippen LogP contribution in [0.25, 0.3) is 0 Å². The maximum absolute atomic E-state index is 11.7. The average molecular weight is 799 g/mol. The summed E-state index contributed by atoms with van der Waals surface area (Å²) in [4.78, 5) is 32.2. The van der Waals surface area contributed by atoms with Crippen molar-refractivity contribution in [2.75, 3.05) is 52.4 Å². The molecule has 16 heteroatoms. The van der Waals surface area contributed by atoms with Gasteiger partial charge in [-0.2, -0.15) is 0 Å². The van der Waals surface area contributed by atoms with Gasteiger partial charge in [-0.15, -0.1) is 0 Å². The monoisotopic (exact) mass is 796 g/mol. The largest absolute Gasteiger partial charge is 0.502 e. The van der Waals surface area contributed by atoms with E-state index in [0.717, 1.165) is 82.2 Å². The molecule has 0 aliphatic carbocycles. The van der Waals surface area contributed by atoms with Gasteiger partial charge in [-0.25, -0.2) is 0 Å². The van der Waals surface area contributed by atoms with Crippen LogP contribution in [-0.4, -0.2) is 92.4 Å². The summed E-state index contributed by atoms with van der Waals surface area (Å²) in [6.07, 6.45) is 0. The van der Waals surface area contributed by atoms with E-state index in [0.29, 0.717) is 39.7 Å². The van der Waals surface area contributed by atoms with Crippen LogP contribution in [0.3, 0.4) is 0 Å².